The van der Waals surface area contributed by atoms with E-state index in [1.807, 2.05) is 60.7 Å². The van der Waals surface area contributed by atoms with Crippen LogP contribution < -0.4 is 15.9 Å². The van der Waals surface area contributed by atoms with Crippen LogP contribution >= 0.6 is 7.14 Å². The Morgan fingerprint density at radius 2 is 0.870 bits per heavy atom. The SMILES string of the molecule is Cc1ccc(C2(c3ccc(C)cc3)c3cc(-c4ccc5ccccc5c4)cc4c3-c3c(cc(P(=O)(c5ccccc5)c5ccccc5)cc32)C4(C)C)cc1. The molecule has 0 N–H and O–H groups in total. The summed E-state index contributed by atoms with van der Waals surface area (Å²) in [5.74, 6) is 0. The standard InChI is InChI=1S/C52H41OP/c1-34-19-25-40(26-20-34)52(41-27-21-35(2)22-28-41)47-31-39(38-24-23-36-13-11-12-14-37(36)29-38)30-45-49(47)50-46(51(45,3)4)32-44(33-48(50)52)54(53,42-15-7-5-8-16-42)43-17-9-6-10-18-43/h5-33H,1-4H3. The molecule has 0 amide bonds. The van der Waals surface area contributed by atoms with E-state index in [1.165, 1.54) is 77.5 Å². The maximum Gasteiger partial charge on any atom is 0.171 e. The van der Waals surface area contributed by atoms with E-state index < -0.39 is 12.6 Å². The molecule has 260 valence electrons. The number of benzene rings is 8. The molecule has 2 heteroatoms. The topological polar surface area (TPSA) is 17.1 Å². The second-order valence-corrected chi connectivity index (χ2v) is 18.6. The van der Waals surface area contributed by atoms with Gasteiger partial charge in [-0.1, -0.05) is 171 Å². The van der Waals surface area contributed by atoms with Gasteiger partial charge in [0.15, 0.2) is 7.14 Å². The first-order chi connectivity index (χ1) is 26.2. The van der Waals surface area contributed by atoms with Crippen molar-refractivity contribution < 1.29 is 4.57 Å². The number of rotatable bonds is 6. The number of hydrogen-bond donors (Lipinski definition) is 0. The summed E-state index contributed by atoms with van der Waals surface area (Å²) in [6.07, 6.45) is 0. The molecule has 8 aromatic rings. The fourth-order valence-electron chi connectivity index (χ4n) is 9.51. The molecule has 0 spiro atoms. The summed E-state index contributed by atoms with van der Waals surface area (Å²) in [6, 6.07) is 63.6. The van der Waals surface area contributed by atoms with Crippen molar-refractivity contribution in [3.63, 3.8) is 0 Å². The lowest BCUT2D eigenvalue weighted by Crippen LogP contribution is -2.33. The van der Waals surface area contributed by atoms with Crippen molar-refractivity contribution in [2.75, 3.05) is 0 Å². The summed E-state index contributed by atoms with van der Waals surface area (Å²) < 4.78 is 16.2. The van der Waals surface area contributed by atoms with Crippen molar-refractivity contribution >= 4 is 33.8 Å². The first-order valence-corrected chi connectivity index (χ1v) is 20.6. The normalized spacial score (nSPS) is 14.7. The van der Waals surface area contributed by atoms with E-state index in [0.29, 0.717) is 0 Å². The van der Waals surface area contributed by atoms with Gasteiger partial charge in [0.25, 0.3) is 0 Å². The molecule has 2 aliphatic carbocycles. The molecule has 0 unspecified atom stereocenters. The first kappa shape index (κ1) is 32.9. The summed E-state index contributed by atoms with van der Waals surface area (Å²) in [7, 11) is -3.31. The van der Waals surface area contributed by atoms with Gasteiger partial charge in [-0.05, 0) is 111 Å². The second kappa shape index (κ2) is 11.9. The van der Waals surface area contributed by atoms with Gasteiger partial charge < -0.3 is 4.57 Å². The van der Waals surface area contributed by atoms with E-state index in [1.54, 1.807) is 0 Å². The lowest BCUT2D eigenvalue weighted by Gasteiger charge is -2.37. The monoisotopic (exact) mass is 712 g/mol. The maximum absolute atomic E-state index is 16.2. The van der Waals surface area contributed by atoms with Crippen LogP contribution in [0.3, 0.4) is 0 Å². The molecule has 0 atom stereocenters. The maximum atomic E-state index is 16.2. The van der Waals surface area contributed by atoms with Crippen molar-refractivity contribution in [2.45, 2.75) is 38.5 Å². The van der Waals surface area contributed by atoms with Crippen LogP contribution in [0.15, 0.2) is 176 Å². The number of fused-ring (bicyclic) bond motifs is 1. The summed E-state index contributed by atoms with van der Waals surface area (Å²) >= 11 is 0. The fourth-order valence-corrected chi connectivity index (χ4v) is 12.2. The van der Waals surface area contributed by atoms with Gasteiger partial charge in [0.2, 0.25) is 0 Å². The Labute approximate surface area is 318 Å². The Morgan fingerprint density at radius 1 is 0.407 bits per heavy atom. The van der Waals surface area contributed by atoms with Gasteiger partial charge in [0, 0.05) is 21.3 Å². The molecular weight excluding hydrogens is 672 g/mol. The highest BCUT2D eigenvalue weighted by Gasteiger charge is 2.54. The zero-order valence-electron chi connectivity index (χ0n) is 31.1. The van der Waals surface area contributed by atoms with Crippen LogP contribution in [0.1, 0.15) is 58.4 Å². The molecule has 10 rings (SSSR count). The molecular formula is C52H41OP. The molecule has 0 fully saturated rings. The van der Waals surface area contributed by atoms with Crippen molar-refractivity contribution in [1.29, 1.82) is 0 Å². The predicted molar refractivity (Wildman–Crippen MR) is 228 cm³/mol. The minimum atomic E-state index is -3.31. The van der Waals surface area contributed by atoms with Gasteiger partial charge >= 0.3 is 0 Å². The summed E-state index contributed by atoms with van der Waals surface area (Å²) in [4.78, 5) is 0. The lowest BCUT2D eigenvalue weighted by atomic mass is 9.65. The molecule has 0 aromatic heterocycles. The van der Waals surface area contributed by atoms with E-state index in [0.717, 1.165) is 15.9 Å². The summed E-state index contributed by atoms with van der Waals surface area (Å²) in [5.41, 5.74) is 14.0. The quantitative estimate of drug-likeness (QED) is 0.157. The zero-order chi connectivity index (χ0) is 36.8. The highest BCUT2D eigenvalue weighted by atomic mass is 31.2. The minimum Gasteiger partial charge on any atom is -0.309 e. The average molecular weight is 713 g/mol. The number of hydrogen-bond acceptors (Lipinski definition) is 1. The zero-order valence-corrected chi connectivity index (χ0v) is 32.0. The Kier molecular flexibility index (Phi) is 7.23. The molecule has 8 aromatic carbocycles. The Hall–Kier alpha value is -5.75. The fraction of sp³-hybridized carbons (Fsp3) is 0.115. The lowest BCUT2D eigenvalue weighted by molar-refractivity contribution is 0.592. The van der Waals surface area contributed by atoms with Crippen LogP contribution in [-0.4, -0.2) is 0 Å². The number of aryl methyl sites for hydroxylation is 2. The van der Waals surface area contributed by atoms with Gasteiger partial charge in [-0.15, -0.1) is 0 Å². The van der Waals surface area contributed by atoms with Gasteiger partial charge in [0.05, 0.1) is 5.41 Å². The molecule has 0 heterocycles. The highest BCUT2D eigenvalue weighted by Crippen LogP contribution is 2.65. The molecule has 1 nitrogen and oxygen atoms in total. The van der Waals surface area contributed by atoms with Crippen LogP contribution in [0.4, 0.5) is 0 Å². The Balaban J connectivity index is 1.36. The summed E-state index contributed by atoms with van der Waals surface area (Å²) in [5, 5.41) is 5.06. The van der Waals surface area contributed by atoms with E-state index in [9.17, 15) is 0 Å². The van der Waals surface area contributed by atoms with Gasteiger partial charge in [-0.2, -0.15) is 0 Å². The van der Waals surface area contributed by atoms with E-state index in [4.69, 9.17) is 0 Å². The van der Waals surface area contributed by atoms with Crippen molar-refractivity contribution in [1.82, 2.24) is 0 Å². The van der Waals surface area contributed by atoms with Crippen molar-refractivity contribution in [2.24, 2.45) is 0 Å². The molecule has 54 heavy (non-hydrogen) atoms. The average Bonchev–Trinajstić information content (AvgIpc) is 3.64. The van der Waals surface area contributed by atoms with E-state index >= 15 is 4.57 Å². The third kappa shape index (κ3) is 4.55. The first-order valence-electron chi connectivity index (χ1n) is 18.9. The van der Waals surface area contributed by atoms with Crippen LogP contribution in [0, 0.1) is 13.8 Å². The third-order valence-corrected chi connectivity index (χ3v) is 15.4. The predicted octanol–water partition coefficient (Wildman–Crippen LogP) is 11.8. The third-order valence-electron chi connectivity index (χ3n) is 12.3. The molecule has 0 aliphatic heterocycles. The molecule has 2 aliphatic rings. The minimum absolute atomic E-state index is 0.331. The van der Waals surface area contributed by atoms with Crippen LogP contribution in [0.2, 0.25) is 0 Å². The summed E-state index contributed by atoms with van der Waals surface area (Å²) in [6.45, 7) is 9.04. The van der Waals surface area contributed by atoms with Crippen LogP contribution in [0.25, 0.3) is 33.0 Å². The van der Waals surface area contributed by atoms with Crippen LogP contribution in [0.5, 0.6) is 0 Å². The van der Waals surface area contributed by atoms with E-state index in [2.05, 4.69) is 143 Å². The molecule has 0 radical (unpaired) electrons. The van der Waals surface area contributed by atoms with Gasteiger partial charge in [-0.3, -0.25) is 0 Å². The van der Waals surface area contributed by atoms with E-state index in [-0.39, 0.29) is 5.41 Å². The molecule has 0 saturated heterocycles. The van der Waals surface area contributed by atoms with Crippen molar-refractivity contribution in [3.8, 4) is 22.3 Å². The van der Waals surface area contributed by atoms with Crippen molar-refractivity contribution in [3.05, 3.63) is 220 Å². The smallest absolute Gasteiger partial charge is 0.171 e. The van der Waals surface area contributed by atoms with Gasteiger partial charge in [0.1, 0.15) is 0 Å². The highest BCUT2D eigenvalue weighted by molar-refractivity contribution is 7.85. The Morgan fingerprint density at radius 3 is 1.44 bits per heavy atom. The second-order valence-electron chi connectivity index (χ2n) is 15.8. The largest absolute Gasteiger partial charge is 0.309 e. The Bertz CT molecular complexity index is 2720. The molecule has 0 saturated carbocycles. The molecule has 0 bridgehead atoms. The van der Waals surface area contributed by atoms with Crippen LogP contribution in [-0.2, 0) is 15.4 Å². The van der Waals surface area contributed by atoms with Gasteiger partial charge in [-0.25, -0.2) is 0 Å².